The number of guanidine groups is 1. The van der Waals surface area contributed by atoms with Crippen LogP contribution in [-0.4, -0.2) is 55.2 Å². The van der Waals surface area contributed by atoms with Crippen molar-refractivity contribution in [1.82, 2.24) is 15.2 Å². The molecule has 1 fully saturated rings. The predicted molar refractivity (Wildman–Crippen MR) is 112 cm³/mol. The number of carbonyl (C=O) groups is 1. The molecule has 8 heteroatoms. The van der Waals surface area contributed by atoms with E-state index in [0.29, 0.717) is 19.0 Å². The van der Waals surface area contributed by atoms with E-state index in [4.69, 9.17) is 14.5 Å². The number of piperidine rings is 1. The number of halogens is 1. The van der Waals surface area contributed by atoms with E-state index < -0.39 is 0 Å². The standard InChI is InChI=1S/C18H28N4O3.HI/c1-4-19-18(21-13-14-6-7-16(24-3)20-12-14)22-10-8-15(9-11-22)17(23)25-5-2;/h6-7,12,15H,4-5,8-11,13H2,1-3H3,(H,19,21);1H. The number of aliphatic imine (C=N–C) groups is 1. The number of hydrogen-bond acceptors (Lipinski definition) is 5. The topological polar surface area (TPSA) is 76.1 Å². The minimum Gasteiger partial charge on any atom is -0.481 e. The van der Waals surface area contributed by atoms with E-state index in [1.807, 2.05) is 19.1 Å². The zero-order valence-electron chi connectivity index (χ0n) is 15.7. The van der Waals surface area contributed by atoms with Gasteiger partial charge < -0.3 is 19.7 Å². The normalized spacial score (nSPS) is 15.2. The van der Waals surface area contributed by atoms with Crippen LogP contribution in [0.4, 0.5) is 0 Å². The van der Waals surface area contributed by atoms with E-state index in [2.05, 4.69) is 22.1 Å². The third-order valence-electron chi connectivity index (χ3n) is 4.17. The molecule has 146 valence electrons. The smallest absolute Gasteiger partial charge is 0.309 e. The number of hydrogen-bond donors (Lipinski definition) is 1. The van der Waals surface area contributed by atoms with Crippen molar-refractivity contribution in [1.29, 1.82) is 0 Å². The molecule has 0 bridgehead atoms. The molecule has 0 unspecified atom stereocenters. The van der Waals surface area contributed by atoms with Crippen LogP contribution in [0, 0.1) is 5.92 Å². The summed E-state index contributed by atoms with van der Waals surface area (Å²) < 4.78 is 10.2. The van der Waals surface area contributed by atoms with Gasteiger partial charge in [-0.1, -0.05) is 6.07 Å². The highest BCUT2D eigenvalue weighted by molar-refractivity contribution is 14.0. The van der Waals surface area contributed by atoms with Gasteiger partial charge in [0.2, 0.25) is 5.88 Å². The number of rotatable bonds is 6. The van der Waals surface area contributed by atoms with Crippen LogP contribution in [0.1, 0.15) is 32.3 Å². The average Bonchev–Trinajstić information content (AvgIpc) is 2.66. The second kappa shape index (κ2) is 11.9. The lowest BCUT2D eigenvalue weighted by atomic mass is 9.97. The summed E-state index contributed by atoms with van der Waals surface area (Å²) in [5, 5.41) is 3.33. The van der Waals surface area contributed by atoms with Crippen molar-refractivity contribution in [2.75, 3.05) is 33.4 Å². The van der Waals surface area contributed by atoms with Gasteiger partial charge in [-0.25, -0.2) is 9.98 Å². The summed E-state index contributed by atoms with van der Waals surface area (Å²) in [6.07, 6.45) is 3.37. The van der Waals surface area contributed by atoms with Gasteiger partial charge in [0.05, 0.1) is 26.2 Å². The molecule has 0 saturated carbocycles. The molecule has 1 N–H and O–H groups in total. The van der Waals surface area contributed by atoms with Gasteiger partial charge in [-0.3, -0.25) is 4.79 Å². The maximum Gasteiger partial charge on any atom is 0.309 e. The molecule has 0 atom stereocenters. The van der Waals surface area contributed by atoms with Crippen molar-refractivity contribution in [3.05, 3.63) is 23.9 Å². The highest BCUT2D eigenvalue weighted by Gasteiger charge is 2.27. The summed E-state index contributed by atoms with van der Waals surface area (Å²) in [6, 6.07) is 3.80. The highest BCUT2D eigenvalue weighted by Crippen LogP contribution is 2.19. The Balaban J connectivity index is 0.00000338. The van der Waals surface area contributed by atoms with Gasteiger partial charge in [-0.05, 0) is 32.3 Å². The van der Waals surface area contributed by atoms with Crippen molar-refractivity contribution in [3.8, 4) is 5.88 Å². The largest absolute Gasteiger partial charge is 0.481 e. The molecule has 1 aromatic heterocycles. The number of nitrogens with one attached hydrogen (secondary N) is 1. The first-order valence-electron chi connectivity index (χ1n) is 8.86. The highest BCUT2D eigenvalue weighted by atomic mass is 127. The van der Waals surface area contributed by atoms with E-state index >= 15 is 0 Å². The summed E-state index contributed by atoms with van der Waals surface area (Å²) in [7, 11) is 1.60. The van der Waals surface area contributed by atoms with E-state index in [0.717, 1.165) is 44.0 Å². The molecule has 0 radical (unpaired) electrons. The van der Waals surface area contributed by atoms with Crippen molar-refractivity contribution < 1.29 is 14.3 Å². The predicted octanol–water partition coefficient (Wildman–Crippen LogP) is 2.45. The molecule has 0 amide bonds. The molecule has 2 heterocycles. The second-order valence-electron chi connectivity index (χ2n) is 5.89. The van der Waals surface area contributed by atoms with Gasteiger partial charge in [0.15, 0.2) is 5.96 Å². The van der Waals surface area contributed by atoms with Gasteiger partial charge in [0, 0.05) is 31.9 Å². The van der Waals surface area contributed by atoms with Crippen LogP contribution in [0.3, 0.4) is 0 Å². The number of methoxy groups -OCH3 is 1. The monoisotopic (exact) mass is 476 g/mol. The summed E-state index contributed by atoms with van der Waals surface area (Å²) in [5.74, 6) is 1.40. The molecule has 7 nitrogen and oxygen atoms in total. The van der Waals surface area contributed by atoms with Crippen LogP contribution >= 0.6 is 24.0 Å². The molecule has 1 aliphatic heterocycles. The van der Waals surface area contributed by atoms with Crippen molar-refractivity contribution >= 4 is 35.9 Å². The third-order valence-corrected chi connectivity index (χ3v) is 4.17. The van der Waals surface area contributed by atoms with Crippen LogP contribution in [-0.2, 0) is 16.1 Å². The first kappa shape index (κ1) is 22.5. The maximum atomic E-state index is 11.9. The Morgan fingerprint density at radius 2 is 2.08 bits per heavy atom. The Hall–Kier alpha value is -1.58. The fourth-order valence-corrected chi connectivity index (χ4v) is 2.80. The zero-order valence-corrected chi connectivity index (χ0v) is 18.1. The average molecular weight is 476 g/mol. The lowest BCUT2D eigenvalue weighted by Gasteiger charge is -2.33. The molecule has 2 rings (SSSR count). The number of aromatic nitrogens is 1. The number of pyridine rings is 1. The lowest BCUT2D eigenvalue weighted by molar-refractivity contribution is -0.149. The lowest BCUT2D eigenvalue weighted by Crippen LogP contribution is -2.46. The Labute approximate surface area is 172 Å². The Bertz CT molecular complexity index is 572. The van der Waals surface area contributed by atoms with Crippen molar-refractivity contribution in [2.45, 2.75) is 33.2 Å². The molecular formula is C18H29IN4O3. The Morgan fingerprint density at radius 3 is 2.62 bits per heavy atom. The minimum atomic E-state index is -0.0756. The zero-order chi connectivity index (χ0) is 18.1. The van der Waals surface area contributed by atoms with Crippen LogP contribution in [0.2, 0.25) is 0 Å². The molecule has 0 aromatic carbocycles. The van der Waals surface area contributed by atoms with E-state index in [-0.39, 0.29) is 35.9 Å². The molecule has 1 aliphatic rings. The van der Waals surface area contributed by atoms with E-state index in [1.165, 1.54) is 0 Å². The van der Waals surface area contributed by atoms with Gasteiger partial charge >= 0.3 is 5.97 Å². The summed E-state index contributed by atoms with van der Waals surface area (Å²) >= 11 is 0. The van der Waals surface area contributed by atoms with Gasteiger partial charge in [0.25, 0.3) is 0 Å². The van der Waals surface area contributed by atoms with Crippen LogP contribution in [0.25, 0.3) is 0 Å². The molecule has 1 saturated heterocycles. The van der Waals surface area contributed by atoms with Gasteiger partial charge in [-0.2, -0.15) is 0 Å². The minimum absolute atomic E-state index is 0. The number of ether oxygens (including phenoxy) is 2. The Kier molecular flexibility index (Phi) is 10.3. The SMILES string of the molecule is CCNC(=NCc1ccc(OC)nc1)N1CCC(C(=O)OCC)CC1.I. The molecule has 26 heavy (non-hydrogen) atoms. The number of likely N-dealkylation sites (tertiary alicyclic amines) is 1. The molecule has 0 aliphatic carbocycles. The van der Waals surface area contributed by atoms with E-state index in [9.17, 15) is 4.79 Å². The van der Waals surface area contributed by atoms with Crippen LogP contribution in [0.5, 0.6) is 5.88 Å². The van der Waals surface area contributed by atoms with Crippen molar-refractivity contribution in [3.63, 3.8) is 0 Å². The van der Waals surface area contributed by atoms with Crippen LogP contribution in [0.15, 0.2) is 23.3 Å². The molecule has 1 aromatic rings. The third kappa shape index (κ3) is 6.62. The van der Waals surface area contributed by atoms with E-state index in [1.54, 1.807) is 13.3 Å². The van der Waals surface area contributed by atoms with Crippen molar-refractivity contribution in [2.24, 2.45) is 10.9 Å². The first-order chi connectivity index (χ1) is 12.2. The molecular weight excluding hydrogens is 447 g/mol. The number of carbonyl (C=O) groups excluding carboxylic acids is 1. The summed E-state index contributed by atoms with van der Waals surface area (Å²) in [4.78, 5) is 23.0. The molecule has 0 spiro atoms. The van der Waals surface area contributed by atoms with Crippen LogP contribution < -0.4 is 10.1 Å². The van der Waals surface area contributed by atoms with Gasteiger partial charge in [0.1, 0.15) is 0 Å². The summed E-state index contributed by atoms with van der Waals surface area (Å²) in [5.41, 5.74) is 1.03. The first-order valence-corrected chi connectivity index (χ1v) is 8.86. The number of nitrogens with zero attached hydrogens (tertiary/aromatic N) is 3. The number of esters is 1. The fourth-order valence-electron chi connectivity index (χ4n) is 2.80. The maximum absolute atomic E-state index is 11.9. The quantitative estimate of drug-likeness (QED) is 0.294. The van der Waals surface area contributed by atoms with Gasteiger partial charge in [-0.15, -0.1) is 24.0 Å². The fraction of sp³-hybridized carbons (Fsp3) is 0.611. The Morgan fingerprint density at radius 1 is 1.35 bits per heavy atom. The second-order valence-corrected chi connectivity index (χ2v) is 5.89. The summed E-state index contributed by atoms with van der Waals surface area (Å²) in [6.45, 7) is 7.30.